The Bertz CT molecular complexity index is 170. The van der Waals surface area contributed by atoms with Crippen LogP contribution in [0.25, 0.3) is 0 Å². The summed E-state index contributed by atoms with van der Waals surface area (Å²) >= 11 is 0. The first-order chi connectivity index (χ1) is 6.74. The molecule has 72 valence electrons. The molecule has 1 heterocycles. The molecule has 12 heavy (non-hydrogen) atoms. The zero-order chi connectivity index (χ0) is 10.6. The van der Waals surface area contributed by atoms with Gasteiger partial charge in [-0.25, -0.2) is 0 Å². The Kier molecular flexibility index (Phi) is 2.50. The molecule has 5 heteroatoms. The third kappa shape index (κ3) is 1.60. The van der Waals surface area contributed by atoms with Crippen LogP contribution in [0.4, 0.5) is 0 Å². The van der Waals surface area contributed by atoms with Crippen molar-refractivity contribution in [1.82, 2.24) is 0 Å². The highest BCUT2D eigenvalue weighted by Crippen LogP contribution is 2.23. The van der Waals surface area contributed by atoms with Crippen LogP contribution in [0.1, 0.15) is 2.74 Å². The van der Waals surface area contributed by atoms with Crippen molar-refractivity contribution in [2.75, 3.05) is 20.8 Å². The summed E-state index contributed by atoms with van der Waals surface area (Å²) in [6, 6.07) is 0. The number of hydrogen-bond donors (Lipinski definition) is 2. The molecule has 0 spiro atoms. The molecule has 0 aromatic rings. The molecule has 1 aliphatic rings. The molecule has 1 saturated heterocycles. The minimum Gasteiger partial charge on any atom is -0.394 e. The zero-order valence-electron chi connectivity index (χ0n) is 8.55. The fourth-order valence-electron chi connectivity index (χ4n) is 1.23. The Balaban J connectivity index is 2.59. The number of hydrogen-bond acceptors (Lipinski definition) is 5. The van der Waals surface area contributed by atoms with Crippen LogP contribution in [-0.4, -0.2) is 55.6 Å². The van der Waals surface area contributed by atoms with E-state index in [4.69, 9.17) is 22.1 Å². The molecular weight excluding hydrogens is 164 g/mol. The van der Waals surface area contributed by atoms with Crippen LogP contribution >= 0.6 is 0 Å². The average molecular weight is 180 g/mol. The average Bonchev–Trinajstić information content (AvgIpc) is 2.47. The fourth-order valence-corrected chi connectivity index (χ4v) is 1.23. The topological polar surface area (TPSA) is 68.2 Å². The van der Waals surface area contributed by atoms with E-state index in [1.165, 1.54) is 0 Å². The van der Waals surface area contributed by atoms with E-state index in [1.54, 1.807) is 0 Å². The maximum absolute atomic E-state index is 9.34. The molecule has 1 fully saturated rings. The molecule has 0 aromatic carbocycles. The number of ether oxygens (including phenoxy) is 3. The van der Waals surface area contributed by atoms with Gasteiger partial charge in [0.1, 0.15) is 18.3 Å². The van der Waals surface area contributed by atoms with Gasteiger partial charge in [-0.2, -0.15) is 0 Å². The van der Waals surface area contributed by atoms with Crippen molar-refractivity contribution >= 4 is 0 Å². The second-order valence-electron chi connectivity index (χ2n) is 2.51. The minimum absolute atomic E-state index is 0.310. The zero-order valence-corrected chi connectivity index (χ0v) is 6.55. The highest BCUT2D eigenvalue weighted by Gasteiger charge is 2.44. The summed E-state index contributed by atoms with van der Waals surface area (Å²) in [7, 11) is -0.643. The molecule has 0 amide bonds. The lowest BCUT2D eigenvalue weighted by molar-refractivity contribution is -0.140. The van der Waals surface area contributed by atoms with Crippen molar-refractivity contribution < 1.29 is 27.2 Å². The van der Waals surface area contributed by atoms with E-state index < -0.39 is 24.6 Å². The van der Waals surface area contributed by atoms with Crippen molar-refractivity contribution in [3.8, 4) is 0 Å². The summed E-state index contributed by atoms with van der Waals surface area (Å²) in [6.07, 6.45) is -3.42. The van der Waals surface area contributed by atoms with E-state index in [0.717, 1.165) is 0 Å². The van der Waals surface area contributed by atoms with Crippen LogP contribution in [0.15, 0.2) is 0 Å². The van der Waals surface area contributed by atoms with E-state index in [2.05, 4.69) is 0 Å². The lowest BCUT2D eigenvalue weighted by Crippen LogP contribution is -2.37. The lowest BCUT2D eigenvalue weighted by atomic mass is 10.1. The number of aliphatic hydroxyl groups is 2. The van der Waals surface area contributed by atoms with Gasteiger partial charge in [0.2, 0.25) is 0 Å². The minimum atomic E-state index is -1.21. The van der Waals surface area contributed by atoms with Crippen LogP contribution < -0.4 is 0 Å². The van der Waals surface area contributed by atoms with Gasteiger partial charge >= 0.3 is 0 Å². The third-order valence-corrected chi connectivity index (χ3v) is 1.85. The first-order valence-electron chi connectivity index (χ1n) is 4.92. The molecule has 4 atom stereocenters. The molecule has 5 nitrogen and oxygen atoms in total. The molecular formula is C7H14O5. The Morgan fingerprint density at radius 1 is 1.42 bits per heavy atom. The maximum Gasteiger partial charge on any atom is 0.184 e. The third-order valence-electron chi connectivity index (χ3n) is 1.85. The number of aliphatic hydroxyl groups excluding tert-OH is 2. The van der Waals surface area contributed by atoms with E-state index in [1.807, 2.05) is 0 Å². The predicted octanol–water partition coefficient (Wildman–Crippen LogP) is -1.27. The second kappa shape index (κ2) is 4.15. The second-order valence-corrected chi connectivity index (χ2v) is 2.51. The van der Waals surface area contributed by atoms with Gasteiger partial charge in [-0.05, 0) is 0 Å². The molecule has 0 bridgehead atoms. The largest absolute Gasteiger partial charge is 0.394 e. The normalized spacial score (nSPS) is 44.2. The van der Waals surface area contributed by atoms with Crippen LogP contribution in [-0.2, 0) is 14.2 Å². The molecule has 1 aliphatic heterocycles. The SMILES string of the molecule is [2H]CO[C@H]1[C@H](OC[2H])C(O)O[C@@H]1CO. The predicted molar refractivity (Wildman–Crippen MR) is 39.6 cm³/mol. The van der Waals surface area contributed by atoms with Crippen LogP contribution in [0, 0.1) is 0 Å². The first kappa shape index (κ1) is 7.23. The molecule has 1 unspecified atom stereocenters. The van der Waals surface area contributed by atoms with Crippen LogP contribution in [0.5, 0.6) is 0 Å². The van der Waals surface area contributed by atoms with Crippen LogP contribution in [0.2, 0.25) is 0 Å². The molecule has 2 N–H and O–H groups in total. The smallest absolute Gasteiger partial charge is 0.184 e. The van der Waals surface area contributed by atoms with Gasteiger partial charge in [0.15, 0.2) is 6.29 Å². The summed E-state index contributed by atoms with van der Waals surface area (Å²) in [4.78, 5) is 0. The maximum atomic E-state index is 9.34. The summed E-state index contributed by atoms with van der Waals surface area (Å²) in [5, 5.41) is 18.2. The highest BCUT2D eigenvalue weighted by molar-refractivity contribution is 4.87. The van der Waals surface area contributed by atoms with Crippen molar-refractivity contribution in [2.45, 2.75) is 24.6 Å². The number of methoxy groups -OCH3 is 2. The Morgan fingerprint density at radius 2 is 2.08 bits per heavy atom. The van der Waals surface area contributed by atoms with E-state index in [0.29, 0.717) is 0 Å². The van der Waals surface area contributed by atoms with Gasteiger partial charge in [-0.3, -0.25) is 0 Å². The molecule has 0 radical (unpaired) electrons. The Hall–Kier alpha value is -0.200. The number of rotatable bonds is 3. The molecule has 0 aromatic heterocycles. The van der Waals surface area contributed by atoms with Crippen LogP contribution in [0.3, 0.4) is 0 Å². The van der Waals surface area contributed by atoms with Crippen molar-refractivity contribution in [3.63, 3.8) is 0 Å². The van der Waals surface area contributed by atoms with Gasteiger partial charge in [0.25, 0.3) is 0 Å². The molecule has 0 saturated carbocycles. The molecule has 1 rings (SSSR count). The van der Waals surface area contributed by atoms with Crippen molar-refractivity contribution in [1.29, 1.82) is 0 Å². The van der Waals surface area contributed by atoms with Gasteiger partial charge in [0, 0.05) is 14.2 Å². The van der Waals surface area contributed by atoms with E-state index in [-0.39, 0.29) is 20.8 Å². The summed E-state index contributed by atoms with van der Waals surface area (Å²) in [5.74, 6) is 0. The Labute approximate surface area is 73.7 Å². The van der Waals surface area contributed by atoms with Gasteiger partial charge in [-0.15, -0.1) is 0 Å². The van der Waals surface area contributed by atoms with Gasteiger partial charge < -0.3 is 24.4 Å². The summed E-state index contributed by atoms with van der Waals surface area (Å²) in [5.41, 5.74) is 0. The monoisotopic (exact) mass is 180 g/mol. The van der Waals surface area contributed by atoms with Gasteiger partial charge in [0.05, 0.1) is 9.35 Å². The van der Waals surface area contributed by atoms with Crippen molar-refractivity contribution in [3.05, 3.63) is 0 Å². The van der Waals surface area contributed by atoms with E-state index in [9.17, 15) is 5.11 Å². The first-order valence-corrected chi connectivity index (χ1v) is 3.50. The molecule has 0 aliphatic carbocycles. The standard InChI is InChI=1S/C7H14O5/c1-10-5-4(3-8)12-7(9)6(5)11-2/h4-9H,3H2,1-2H3/t4-,5-,6+,7?/m1/s1/i1D,2D. The lowest BCUT2D eigenvalue weighted by Gasteiger charge is -2.18. The quantitative estimate of drug-likeness (QED) is 0.566. The Morgan fingerprint density at radius 3 is 2.67 bits per heavy atom. The fraction of sp³-hybridized carbons (Fsp3) is 1.00. The van der Waals surface area contributed by atoms with Gasteiger partial charge in [-0.1, -0.05) is 0 Å². The summed E-state index contributed by atoms with van der Waals surface area (Å²) < 4.78 is 28.5. The van der Waals surface area contributed by atoms with E-state index >= 15 is 0 Å². The van der Waals surface area contributed by atoms with Crippen molar-refractivity contribution in [2.24, 2.45) is 0 Å². The highest BCUT2D eigenvalue weighted by atomic mass is 16.7. The summed E-state index contributed by atoms with van der Waals surface area (Å²) in [6.45, 7) is -0.320.